The number of anilines is 1. The largest absolute Gasteiger partial charge is 0.355 e. The summed E-state index contributed by atoms with van der Waals surface area (Å²) in [4.78, 5) is 40.6. The van der Waals surface area contributed by atoms with Gasteiger partial charge >= 0.3 is 0 Å². The molecule has 7 heteroatoms. The first-order valence-corrected chi connectivity index (χ1v) is 13.5. The van der Waals surface area contributed by atoms with E-state index in [-0.39, 0.29) is 29.6 Å². The molecule has 0 aromatic heterocycles. The topological polar surface area (TPSA) is 78.5 Å². The molecule has 5 fully saturated rings. The molecule has 178 valence electrons. The Balaban J connectivity index is 1.13. The molecule has 0 radical (unpaired) electrons. The van der Waals surface area contributed by atoms with Crippen molar-refractivity contribution in [3.05, 3.63) is 29.3 Å². The van der Waals surface area contributed by atoms with Crippen molar-refractivity contribution in [2.75, 3.05) is 23.5 Å². The molecule has 5 aliphatic rings. The molecule has 1 atom stereocenters. The van der Waals surface area contributed by atoms with E-state index in [9.17, 15) is 14.4 Å². The average Bonchev–Trinajstić information content (AvgIpc) is 3.25. The molecule has 2 N–H and O–H groups in total. The number of nitrogens with zero attached hydrogens (tertiary/aromatic N) is 1. The zero-order valence-corrected chi connectivity index (χ0v) is 20.5. The Labute approximate surface area is 200 Å². The van der Waals surface area contributed by atoms with Gasteiger partial charge in [-0.15, -0.1) is 11.8 Å². The first-order chi connectivity index (χ1) is 15.8. The molecule has 6 nitrogen and oxygen atoms in total. The summed E-state index contributed by atoms with van der Waals surface area (Å²) in [5, 5.41) is 6.07. The summed E-state index contributed by atoms with van der Waals surface area (Å²) in [5.74, 6) is 3.24. The molecule has 4 saturated carbocycles. The Bertz CT molecular complexity index is 927. The first kappa shape index (κ1) is 22.8. The number of benzene rings is 1. The van der Waals surface area contributed by atoms with Gasteiger partial charge in [-0.3, -0.25) is 14.4 Å². The van der Waals surface area contributed by atoms with Crippen LogP contribution >= 0.6 is 11.8 Å². The molecular formula is C26H35N3O3S. The van der Waals surface area contributed by atoms with Crippen LogP contribution in [0.15, 0.2) is 18.2 Å². The van der Waals surface area contributed by atoms with Gasteiger partial charge in [-0.25, -0.2) is 0 Å². The number of nitrogens with one attached hydrogen (secondary N) is 2. The van der Waals surface area contributed by atoms with Crippen molar-refractivity contribution in [3.8, 4) is 0 Å². The van der Waals surface area contributed by atoms with Crippen molar-refractivity contribution in [1.29, 1.82) is 0 Å². The predicted molar refractivity (Wildman–Crippen MR) is 131 cm³/mol. The maximum absolute atomic E-state index is 13.1. The van der Waals surface area contributed by atoms with E-state index in [1.807, 2.05) is 32.0 Å². The standard InChI is InChI=1S/C26H35N3O3S/c1-16-3-4-21(7-17(16)2)28-24(31)22-14-33-15-29(22)23(30)5-6-27-25(32)26-11-18-8-19(12-26)10-20(9-18)13-26/h3-4,7,18-20,22H,5-6,8-15H2,1-2H3,(H,27,32)(H,28,31). The van der Waals surface area contributed by atoms with Crippen LogP contribution in [0, 0.1) is 37.0 Å². The molecule has 1 unspecified atom stereocenters. The highest BCUT2D eigenvalue weighted by Crippen LogP contribution is 2.60. The number of aryl methyl sites for hydroxylation is 2. The molecule has 1 aromatic rings. The van der Waals surface area contributed by atoms with E-state index < -0.39 is 6.04 Å². The molecule has 3 amide bonds. The quantitative estimate of drug-likeness (QED) is 0.663. The summed E-state index contributed by atoms with van der Waals surface area (Å²) >= 11 is 1.60. The average molecular weight is 470 g/mol. The molecule has 4 aliphatic carbocycles. The van der Waals surface area contributed by atoms with Crippen LogP contribution in [-0.4, -0.2) is 46.8 Å². The second kappa shape index (κ2) is 8.97. The number of carbonyl (C=O) groups excluding carboxylic acids is 3. The lowest BCUT2D eigenvalue weighted by atomic mass is 9.49. The summed E-state index contributed by atoms with van der Waals surface area (Å²) in [7, 11) is 0. The molecule has 0 spiro atoms. The van der Waals surface area contributed by atoms with Gasteiger partial charge in [0.25, 0.3) is 0 Å². The number of rotatable bonds is 6. The van der Waals surface area contributed by atoms with Crippen LogP contribution in [0.1, 0.15) is 56.1 Å². The maximum Gasteiger partial charge on any atom is 0.248 e. The van der Waals surface area contributed by atoms with E-state index in [0.29, 0.717) is 18.2 Å². The van der Waals surface area contributed by atoms with Gasteiger partial charge in [0.2, 0.25) is 17.7 Å². The molecular weight excluding hydrogens is 434 g/mol. The van der Waals surface area contributed by atoms with Crippen LogP contribution < -0.4 is 10.6 Å². The molecule has 1 heterocycles. The fraction of sp³-hybridized carbons (Fsp3) is 0.654. The lowest BCUT2D eigenvalue weighted by Gasteiger charge is -2.55. The SMILES string of the molecule is Cc1ccc(NC(=O)C2CSCN2C(=O)CCNC(=O)C23CC4CC(CC(C4)C2)C3)cc1C. The highest BCUT2D eigenvalue weighted by Gasteiger charge is 2.54. The van der Waals surface area contributed by atoms with Gasteiger partial charge in [0, 0.05) is 29.8 Å². The van der Waals surface area contributed by atoms with Crippen molar-refractivity contribution in [2.45, 2.75) is 64.8 Å². The van der Waals surface area contributed by atoms with Gasteiger partial charge in [-0.1, -0.05) is 6.07 Å². The molecule has 1 aliphatic heterocycles. The Hall–Kier alpha value is -2.02. The maximum atomic E-state index is 13.1. The minimum Gasteiger partial charge on any atom is -0.355 e. The number of thioether (sulfide) groups is 1. The van der Waals surface area contributed by atoms with Gasteiger partial charge < -0.3 is 15.5 Å². The van der Waals surface area contributed by atoms with Crippen LogP contribution in [0.3, 0.4) is 0 Å². The summed E-state index contributed by atoms with van der Waals surface area (Å²) in [5.41, 5.74) is 2.87. The lowest BCUT2D eigenvalue weighted by Crippen LogP contribution is -2.54. The zero-order valence-electron chi connectivity index (χ0n) is 19.7. The number of amides is 3. The third-order valence-corrected chi connectivity index (χ3v) is 9.44. The smallest absolute Gasteiger partial charge is 0.248 e. The van der Waals surface area contributed by atoms with E-state index in [4.69, 9.17) is 0 Å². The fourth-order valence-corrected chi connectivity index (χ4v) is 8.13. The zero-order chi connectivity index (χ0) is 23.2. The minimum absolute atomic E-state index is 0.0638. The van der Waals surface area contributed by atoms with Crippen molar-refractivity contribution < 1.29 is 14.4 Å². The summed E-state index contributed by atoms with van der Waals surface area (Å²) < 4.78 is 0. The molecule has 1 saturated heterocycles. The molecule has 4 bridgehead atoms. The molecule has 1 aromatic carbocycles. The van der Waals surface area contributed by atoms with Gasteiger partial charge in [0.1, 0.15) is 6.04 Å². The summed E-state index contributed by atoms with van der Waals surface area (Å²) in [6.07, 6.45) is 7.26. The van der Waals surface area contributed by atoms with Gasteiger partial charge in [0.05, 0.1) is 5.88 Å². The monoisotopic (exact) mass is 469 g/mol. The Morgan fingerprint density at radius 1 is 1.03 bits per heavy atom. The second-order valence-corrected chi connectivity index (χ2v) is 11.9. The van der Waals surface area contributed by atoms with Crippen LogP contribution in [-0.2, 0) is 14.4 Å². The Morgan fingerprint density at radius 2 is 1.70 bits per heavy atom. The molecule has 6 rings (SSSR count). The van der Waals surface area contributed by atoms with Crippen LogP contribution in [0.2, 0.25) is 0 Å². The van der Waals surface area contributed by atoms with Gasteiger partial charge in [-0.2, -0.15) is 0 Å². The van der Waals surface area contributed by atoms with Gasteiger partial charge in [-0.05, 0) is 93.4 Å². The summed E-state index contributed by atoms with van der Waals surface area (Å²) in [6.45, 7) is 4.41. The predicted octanol–water partition coefficient (Wildman–Crippen LogP) is 3.87. The fourth-order valence-electron chi connectivity index (χ4n) is 6.95. The van der Waals surface area contributed by atoms with E-state index in [0.717, 1.165) is 48.3 Å². The summed E-state index contributed by atoms with van der Waals surface area (Å²) in [6, 6.07) is 5.38. The van der Waals surface area contributed by atoms with Crippen molar-refractivity contribution in [2.24, 2.45) is 23.2 Å². The Kier molecular flexibility index (Phi) is 6.19. The number of hydrogen-bond donors (Lipinski definition) is 2. The highest BCUT2D eigenvalue weighted by molar-refractivity contribution is 7.99. The van der Waals surface area contributed by atoms with Crippen LogP contribution in [0.5, 0.6) is 0 Å². The van der Waals surface area contributed by atoms with Gasteiger partial charge in [0.15, 0.2) is 0 Å². The van der Waals surface area contributed by atoms with Crippen LogP contribution in [0.25, 0.3) is 0 Å². The van der Waals surface area contributed by atoms with E-state index in [1.54, 1.807) is 16.7 Å². The normalized spacial score (nSPS) is 32.1. The third kappa shape index (κ3) is 4.53. The lowest BCUT2D eigenvalue weighted by molar-refractivity contribution is -0.146. The van der Waals surface area contributed by atoms with E-state index >= 15 is 0 Å². The highest BCUT2D eigenvalue weighted by atomic mass is 32.2. The number of hydrogen-bond acceptors (Lipinski definition) is 4. The number of carbonyl (C=O) groups is 3. The first-order valence-electron chi connectivity index (χ1n) is 12.4. The van der Waals surface area contributed by atoms with Crippen LogP contribution in [0.4, 0.5) is 5.69 Å². The molecule has 33 heavy (non-hydrogen) atoms. The van der Waals surface area contributed by atoms with E-state index in [1.165, 1.54) is 24.8 Å². The second-order valence-electron chi connectivity index (χ2n) is 10.9. The Morgan fingerprint density at radius 3 is 2.33 bits per heavy atom. The van der Waals surface area contributed by atoms with Crippen molar-refractivity contribution in [1.82, 2.24) is 10.2 Å². The third-order valence-electron chi connectivity index (χ3n) is 8.42. The van der Waals surface area contributed by atoms with E-state index in [2.05, 4.69) is 10.6 Å². The van der Waals surface area contributed by atoms with Crippen molar-refractivity contribution in [3.63, 3.8) is 0 Å². The minimum atomic E-state index is -0.469. The van der Waals surface area contributed by atoms with Crippen molar-refractivity contribution >= 4 is 35.2 Å².